The first kappa shape index (κ1) is 34.7. The number of carbonyl (C=O) groups excluding carboxylic acids is 4. The van der Waals surface area contributed by atoms with Crippen LogP contribution in [0.4, 0.5) is 4.79 Å². The average molecular weight is 600 g/mol. The summed E-state index contributed by atoms with van der Waals surface area (Å²) in [5.41, 5.74) is 1.54. The van der Waals surface area contributed by atoms with Crippen molar-refractivity contribution < 1.29 is 28.7 Å². The van der Waals surface area contributed by atoms with Gasteiger partial charge in [-0.05, 0) is 72.1 Å². The van der Waals surface area contributed by atoms with E-state index in [1.54, 1.807) is 41.5 Å². The van der Waals surface area contributed by atoms with Gasteiger partial charge in [0.05, 0.1) is 0 Å². The Morgan fingerprint density at radius 2 is 1.45 bits per heavy atom. The number of hydrogen-bond donors (Lipinski definition) is 3. The van der Waals surface area contributed by atoms with Gasteiger partial charge in [0.1, 0.15) is 29.3 Å². The highest BCUT2D eigenvalue weighted by atomic mass is 32.1. The van der Waals surface area contributed by atoms with E-state index in [-0.39, 0.29) is 12.2 Å². The third-order valence-electron chi connectivity index (χ3n) is 6.17. The molecule has 0 aliphatic heterocycles. The van der Waals surface area contributed by atoms with Crippen molar-refractivity contribution in [1.82, 2.24) is 15.5 Å². The third-order valence-corrected chi connectivity index (χ3v) is 6.54. The quantitative estimate of drug-likeness (QED) is 0.270. The predicted octanol–water partition coefficient (Wildman–Crippen LogP) is 4.70. The number of nitrogens with one attached hydrogen (secondary N) is 2. The van der Waals surface area contributed by atoms with Gasteiger partial charge in [-0.3, -0.25) is 9.59 Å². The van der Waals surface area contributed by atoms with Gasteiger partial charge >= 0.3 is 12.1 Å². The molecule has 0 bridgehead atoms. The van der Waals surface area contributed by atoms with Gasteiger partial charge in [-0.1, -0.05) is 54.1 Å². The fraction of sp³-hybridized carbons (Fsp3) is 0.500. The van der Waals surface area contributed by atoms with Gasteiger partial charge in [0.25, 0.3) is 0 Å². The Morgan fingerprint density at radius 3 is 2.00 bits per heavy atom. The Morgan fingerprint density at radius 1 is 0.857 bits per heavy atom. The number of nitrogens with zero attached hydrogens (tertiary/aromatic N) is 1. The molecule has 0 heterocycles. The van der Waals surface area contributed by atoms with Crippen molar-refractivity contribution in [2.45, 2.75) is 91.1 Å². The zero-order chi connectivity index (χ0) is 31.8. The number of thiol groups is 1. The summed E-state index contributed by atoms with van der Waals surface area (Å²) in [6, 6.07) is 11.7. The first-order valence-electron chi connectivity index (χ1n) is 13.9. The van der Waals surface area contributed by atoms with Crippen molar-refractivity contribution in [3.05, 3.63) is 70.8 Å². The molecule has 0 spiro atoms. The molecular formula is C32H45N3O6S. The molecule has 9 nitrogen and oxygen atoms in total. The minimum atomic E-state index is -1.12. The predicted molar refractivity (Wildman–Crippen MR) is 166 cm³/mol. The lowest BCUT2D eigenvalue weighted by Crippen LogP contribution is -2.54. The monoisotopic (exact) mass is 599 g/mol. The Balaban J connectivity index is 2.47. The molecule has 0 aliphatic rings. The number of rotatable bonds is 10. The molecule has 0 saturated carbocycles. The molecule has 0 aliphatic carbocycles. The van der Waals surface area contributed by atoms with Crippen molar-refractivity contribution >= 4 is 36.5 Å². The van der Waals surface area contributed by atoms with Gasteiger partial charge < -0.3 is 25.0 Å². The maximum atomic E-state index is 14.1. The van der Waals surface area contributed by atoms with E-state index in [4.69, 9.17) is 9.47 Å². The highest BCUT2D eigenvalue weighted by Crippen LogP contribution is 2.26. The molecule has 230 valence electrons. The largest absolute Gasteiger partial charge is 0.458 e. The number of ether oxygens (including phenoxy) is 2. The first-order valence-corrected chi connectivity index (χ1v) is 14.6. The summed E-state index contributed by atoms with van der Waals surface area (Å²) in [6.07, 6.45) is -0.582. The van der Waals surface area contributed by atoms with Crippen LogP contribution in [-0.4, -0.2) is 64.9 Å². The van der Waals surface area contributed by atoms with Crippen molar-refractivity contribution in [2.24, 2.45) is 0 Å². The zero-order valence-electron chi connectivity index (χ0n) is 26.1. The molecule has 3 amide bonds. The van der Waals surface area contributed by atoms with Crippen molar-refractivity contribution in [2.75, 3.05) is 12.8 Å². The van der Waals surface area contributed by atoms with Gasteiger partial charge in [0.15, 0.2) is 0 Å². The molecule has 2 aromatic rings. The number of amides is 3. The average Bonchev–Trinajstić information content (AvgIpc) is 2.87. The molecule has 42 heavy (non-hydrogen) atoms. The van der Waals surface area contributed by atoms with E-state index < -0.39 is 53.2 Å². The lowest BCUT2D eigenvalue weighted by atomic mass is 9.96. The number of alkyl carbamates (subject to hydrolysis) is 1. The van der Waals surface area contributed by atoms with Gasteiger partial charge in [-0.25, -0.2) is 9.59 Å². The topological polar surface area (TPSA) is 114 Å². The van der Waals surface area contributed by atoms with Crippen LogP contribution in [0.15, 0.2) is 48.5 Å². The van der Waals surface area contributed by atoms with E-state index >= 15 is 0 Å². The van der Waals surface area contributed by atoms with Crippen molar-refractivity contribution in [1.29, 1.82) is 0 Å². The van der Waals surface area contributed by atoms with Crippen LogP contribution in [0.2, 0.25) is 0 Å². The molecule has 10 heteroatoms. The third kappa shape index (κ3) is 10.7. The molecule has 2 rings (SSSR count). The summed E-state index contributed by atoms with van der Waals surface area (Å²) in [5, 5.41) is 5.42. The number of benzene rings is 2. The summed E-state index contributed by atoms with van der Waals surface area (Å²) in [6.45, 7) is 14.2. The van der Waals surface area contributed by atoms with Crippen LogP contribution in [0.25, 0.3) is 0 Å². The molecule has 0 radical (unpaired) electrons. The SMILES string of the molecule is Cc1ccc(C)c(C(C(=O)NC(Cc2ccccc2)C(=O)OC(C)(C)C)N(C)C(=O)C(CS)NC(=O)OC(C)(C)C)c1. The normalized spacial score (nSPS) is 13.8. The number of esters is 1. The van der Waals surface area contributed by atoms with E-state index in [0.717, 1.165) is 16.7 Å². The highest BCUT2D eigenvalue weighted by molar-refractivity contribution is 7.80. The van der Waals surface area contributed by atoms with Crippen LogP contribution < -0.4 is 10.6 Å². The Bertz CT molecular complexity index is 1250. The summed E-state index contributed by atoms with van der Waals surface area (Å²) < 4.78 is 11.0. The Hall–Kier alpha value is -3.53. The smallest absolute Gasteiger partial charge is 0.408 e. The van der Waals surface area contributed by atoms with Gasteiger partial charge in [0, 0.05) is 19.2 Å². The molecule has 3 unspecified atom stereocenters. The molecular weight excluding hydrogens is 554 g/mol. The Labute approximate surface area is 255 Å². The minimum Gasteiger partial charge on any atom is -0.458 e. The summed E-state index contributed by atoms with van der Waals surface area (Å²) in [5.74, 6) is -1.73. The second-order valence-electron chi connectivity index (χ2n) is 12.4. The Kier molecular flexibility index (Phi) is 12.0. The maximum absolute atomic E-state index is 14.1. The highest BCUT2D eigenvalue weighted by Gasteiger charge is 2.37. The van der Waals surface area contributed by atoms with E-state index in [1.165, 1.54) is 11.9 Å². The fourth-order valence-corrected chi connectivity index (χ4v) is 4.50. The minimum absolute atomic E-state index is 0.0297. The number of hydrogen-bond acceptors (Lipinski definition) is 7. The summed E-state index contributed by atoms with van der Waals surface area (Å²) >= 11 is 4.28. The fourth-order valence-electron chi connectivity index (χ4n) is 4.26. The van der Waals surface area contributed by atoms with Gasteiger partial charge in [-0.2, -0.15) is 12.6 Å². The van der Waals surface area contributed by atoms with Crippen LogP contribution in [0.5, 0.6) is 0 Å². The van der Waals surface area contributed by atoms with Gasteiger partial charge in [-0.15, -0.1) is 0 Å². The molecule has 2 N–H and O–H groups in total. The second kappa shape index (κ2) is 14.6. The second-order valence-corrected chi connectivity index (χ2v) is 12.7. The summed E-state index contributed by atoms with van der Waals surface area (Å²) in [7, 11) is 1.49. The lowest BCUT2D eigenvalue weighted by Gasteiger charge is -2.33. The van der Waals surface area contributed by atoms with Crippen LogP contribution in [-0.2, 0) is 30.3 Å². The van der Waals surface area contributed by atoms with E-state index in [9.17, 15) is 19.2 Å². The molecule has 0 saturated heterocycles. The molecule has 2 aromatic carbocycles. The van der Waals surface area contributed by atoms with Gasteiger partial charge in [0.2, 0.25) is 11.8 Å². The van der Waals surface area contributed by atoms with E-state index in [2.05, 4.69) is 23.3 Å². The van der Waals surface area contributed by atoms with E-state index in [0.29, 0.717) is 5.56 Å². The van der Waals surface area contributed by atoms with E-state index in [1.807, 2.05) is 62.4 Å². The number of aryl methyl sites for hydroxylation is 2. The molecule has 3 atom stereocenters. The first-order chi connectivity index (χ1) is 19.4. The van der Waals surface area contributed by atoms with Crippen LogP contribution in [0, 0.1) is 13.8 Å². The zero-order valence-corrected chi connectivity index (χ0v) is 27.0. The summed E-state index contributed by atoms with van der Waals surface area (Å²) in [4.78, 5) is 54.8. The molecule has 0 aromatic heterocycles. The van der Waals surface area contributed by atoms with Crippen molar-refractivity contribution in [3.8, 4) is 0 Å². The van der Waals surface area contributed by atoms with Crippen LogP contribution >= 0.6 is 12.6 Å². The number of carbonyl (C=O) groups is 4. The molecule has 0 fully saturated rings. The van der Waals surface area contributed by atoms with Crippen molar-refractivity contribution in [3.63, 3.8) is 0 Å². The standard InChI is InChI=1S/C32H45N3O6S/c1-20-15-16-21(2)23(17-20)26(35(9)28(37)25(19-42)34-30(39)41-32(6,7)8)27(36)33-24(29(38)40-31(3,4)5)18-22-13-11-10-12-14-22/h10-17,24-26,42H,18-19H2,1-9H3,(H,33,36)(H,34,39). The van der Waals surface area contributed by atoms with Crippen LogP contribution in [0.3, 0.4) is 0 Å². The maximum Gasteiger partial charge on any atom is 0.408 e. The lowest BCUT2D eigenvalue weighted by molar-refractivity contribution is -0.159. The number of likely N-dealkylation sites (N-methyl/N-ethyl adjacent to an activating group) is 1. The van der Waals surface area contributed by atoms with Crippen LogP contribution in [0.1, 0.15) is 69.8 Å².